The van der Waals surface area contributed by atoms with Crippen LogP contribution in [-0.2, 0) is 20.5 Å². The normalized spacial score (nSPS) is 23.7. The molecule has 1 fully saturated rings. The van der Waals surface area contributed by atoms with Gasteiger partial charge in [0.25, 0.3) is 0 Å². The van der Waals surface area contributed by atoms with E-state index in [1.54, 1.807) is 18.5 Å². The van der Waals surface area contributed by atoms with Gasteiger partial charge in [-0.1, -0.05) is 92.0 Å². The van der Waals surface area contributed by atoms with Gasteiger partial charge in [0.15, 0.2) is 5.78 Å². The van der Waals surface area contributed by atoms with Crippen molar-refractivity contribution in [3.8, 4) is 0 Å². The van der Waals surface area contributed by atoms with Gasteiger partial charge in [0.1, 0.15) is 11.6 Å². The van der Waals surface area contributed by atoms with Gasteiger partial charge in [0.05, 0.1) is 11.1 Å². The Morgan fingerprint density at radius 3 is 2.49 bits per heavy atom. The minimum absolute atomic E-state index is 0.0677. The third-order valence-corrected chi connectivity index (χ3v) is 9.52. The van der Waals surface area contributed by atoms with Crippen LogP contribution < -0.4 is 16.6 Å². The number of carbonyl (C=O) groups is 2. The SMILES string of the molecule is C=C(C(=O)C1=CNNC1(c1ccc(C2CCCCC2)cc1)c1cccc(Cl)c1)C1(C[C@H](N)C(=O)O)C=Nc2ccccc21. The molecular weight excluding hydrogens is 560 g/mol. The first-order chi connectivity index (χ1) is 20.8. The smallest absolute Gasteiger partial charge is 0.320 e. The second-order valence-electron chi connectivity index (χ2n) is 11.7. The third kappa shape index (κ3) is 5.01. The van der Waals surface area contributed by atoms with E-state index in [-0.39, 0.29) is 17.8 Å². The lowest BCUT2D eigenvalue weighted by atomic mass is 9.67. The maximum Gasteiger partial charge on any atom is 0.320 e. The van der Waals surface area contributed by atoms with E-state index in [2.05, 4.69) is 46.7 Å². The molecule has 2 aliphatic heterocycles. The Hall–Kier alpha value is -4.04. The molecule has 3 atom stereocenters. The van der Waals surface area contributed by atoms with E-state index < -0.39 is 23.0 Å². The minimum atomic E-state index is -1.24. The van der Waals surface area contributed by atoms with Crippen molar-refractivity contribution in [1.82, 2.24) is 10.9 Å². The fraction of sp³-hybridized carbons (Fsp3) is 0.286. The highest BCUT2D eigenvalue weighted by Gasteiger charge is 2.50. The van der Waals surface area contributed by atoms with Gasteiger partial charge in [-0.2, -0.15) is 0 Å². The molecule has 1 aliphatic carbocycles. The second kappa shape index (κ2) is 11.6. The van der Waals surface area contributed by atoms with Crippen molar-refractivity contribution in [2.75, 3.05) is 0 Å². The van der Waals surface area contributed by atoms with Gasteiger partial charge >= 0.3 is 5.97 Å². The Balaban J connectivity index is 1.44. The molecule has 0 radical (unpaired) electrons. The largest absolute Gasteiger partial charge is 0.480 e. The lowest BCUT2D eigenvalue weighted by Crippen LogP contribution is -2.48. The fourth-order valence-corrected chi connectivity index (χ4v) is 7.14. The van der Waals surface area contributed by atoms with E-state index in [4.69, 9.17) is 17.3 Å². The number of carboxylic acid groups (broad SMARTS) is 1. The van der Waals surface area contributed by atoms with Crippen LogP contribution in [0.5, 0.6) is 0 Å². The zero-order chi connectivity index (χ0) is 30.2. The molecule has 3 aromatic rings. The van der Waals surface area contributed by atoms with Crippen LogP contribution in [0.3, 0.4) is 0 Å². The molecule has 0 saturated heterocycles. The van der Waals surface area contributed by atoms with Gasteiger partial charge in [0, 0.05) is 28.6 Å². The molecule has 3 aliphatic rings. The van der Waals surface area contributed by atoms with E-state index in [1.165, 1.54) is 37.7 Å². The van der Waals surface area contributed by atoms with Crippen molar-refractivity contribution in [1.29, 1.82) is 0 Å². The van der Waals surface area contributed by atoms with Crippen molar-refractivity contribution in [3.05, 3.63) is 124 Å². The maximum atomic E-state index is 14.7. The Bertz CT molecular complexity index is 1640. The summed E-state index contributed by atoms with van der Waals surface area (Å²) in [5.74, 6) is -0.960. The molecule has 7 nitrogen and oxygen atoms in total. The zero-order valence-corrected chi connectivity index (χ0v) is 24.6. The van der Waals surface area contributed by atoms with Crippen molar-refractivity contribution < 1.29 is 14.7 Å². The Labute approximate surface area is 256 Å². The van der Waals surface area contributed by atoms with Gasteiger partial charge in [-0.25, -0.2) is 5.43 Å². The number of benzene rings is 3. The molecule has 6 rings (SSSR count). The van der Waals surface area contributed by atoms with Crippen molar-refractivity contribution >= 4 is 35.3 Å². The summed E-state index contributed by atoms with van der Waals surface area (Å²) in [4.78, 5) is 31.2. The molecule has 0 spiro atoms. The van der Waals surface area contributed by atoms with Crippen LogP contribution >= 0.6 is 11.6 Å². The molecule has 8 heteroatoms. The number of hydrogen-bond acceptors (Lipinski definition) is 6. The molecule has 1 saturated carbocycles. The Morgan fingerprint density at radius 1 is 1.02 bits per heavy atom. The summed E-state index contributed by atoms with van der Waals surface area (Å²) in [6.07, 6.45) is 9.36. The molecule has 0 amide bonds. The van der Waals surface area contributed by atoms with Crippen LogP contribution in [0.15, 0.2) is 102 Å². The highest BCUT2D eigenvalue weighted by molar-refractivity contribution is 6.30. The number of allylic oxidation sites excluding steroid dienone is 1. The molecule has 5 N–H and O–H groups in total. The first kappa shape index (κ1) is 29.1. The van der Waals surface area contributed by atoms with Gasteiger partial charge in [-0.15, -0.1) is 0 Å². The van der Waals surface area contributed by atoms with Gasteiger partial charge in [0.2, 0.25) is 0 Å². The molecule has 0 bridgehead atoms. The van der Waals surface area contributed by atoms with E-state index in [0.717, 1.165) is 11.1 Å². The van der Waals surface area contributed by atoms with Gasteiger partial charge in [-0.05, 0) is 65.6 Å². The number of halogens is 1. The summed E-state index contributed by atoms with van der Waals surface area (Å²) >= 11 is 6.50. The first-order valence-electron chi connectivity index (χ1n) is 14.7. The lowest BCUT2D eigenvalue weighted by Gasteiger charge is -2.36. The van der Waals surface area contributed by atoms with Crippen molar-refractivity contribution in [2.24, 2.45) is 10.7 Å². The molecule has 0 aromatic heterocycles. The number of ketones is 1. The molecule has 43 heavy (non-hydrogen) atoms. The van der Waals surface area contributed by atoms with Crippen LogP contribution in [0.4, 0.5) is 5.69 Å². The molecule has 2 heterocycles. The van der Waals surface area contributed by atoms with Crippen LogP contribution in [0.1, 0.15) is 66.7 Å². The van der Waals surface area contributed by atoms with Crippen LogP contribution in [0, 0.1) is 0 Å². The third-order valence-electron chi connectivity index (χ3n) is 9.28. The highest BCUT2D eigenvalue weighted by Crippen LogP contribution is 2.48. The summed E-state index contributed by atoms with van der Waals surface area (Å²) < 4.78 is 0. The minimum Gasteiger partial charge on any atom is -0.480 e. The molecule has 220 valence electrons. The fourth-order valence-electron chi connectivity index (χ4n) is 6.95. The van der Waals surface area contributed by atoms with Crippen molar-refractivity contribution in [3.63, 3.8) is 0 Å². The highest BCUT2D eigenvalue weighted by atomic mass is 35.5. The summed E-state index contributed by atoms with van der Waals surface area (Å²) in [6.45, 7) is 4.30. The predicted octanol–water partition coefficient (Wildman–Crippen LogP) is 6.20. The number of hydrogen-bond donors (Lipinski definition) is 4. The maximum absolute atomic E-state index is 14.7. The number of aliphatic carboxylic acids is 1. The van der Waals surface area contributed by atoms with Gasteiger partial charge < -0.3 is 16.3 Å². The summed E-state index contributed by atoms with van der Waals surface area (Å²) in [6, 6.07) is 22.1. The number of nitrogens with zero attached hydrogens (tertiary/aromatic N) is 1. The number of nitrogens with two attached hydrogens (primary N) is 1. The summed E-state index contributed by atoms with van der Waals surface area (Å²) in [5.41, 5.74) is 15.2. The van der Waals surface area contributed by atoms with Gasteiger partial charge in [-0.3, -0.25) is 14.6 Å². The zero-order valence-electron chi connectivity index (χ0n) is 23.9. The monoisotopic (exact) mass is 594 g/mol. The lowest BCUT2D eigenvalue weighted by molar-refractivity contribution is -0.138. The summed E-state index contributed by atoms with van der Waals surface area (Å²) in [7, 11) is 0. The average molecular weight is 595 g/mol. The predicted molar refractivity (Wildman–Crippen MR) is 170 cm³/mol. The van der Waals surface area contributed by atoms with Crippen molar-refractivity contribution in [2.45, 2.75) is 61.4 Å². The number of aliphatic imine (C=N–C) groups is 1. The number of nitrogens with one attached hydrogen (secondary N) is 2. The molecule has 3 aromatic carbocycles. The topological polar surface area (TPSA) is 117 Å². The van der Waals surface area contributed by atoms with E-state index in [0.29, 0.717) is 27.8 Å². The Morgan fingerprint density at radius 2 is 1.77 bits per heavy atom. The standard InChI is InChI=1S/C35H35ClN4O3/c1-22(34(19-30(37)33(42)43)21-38-31-13-6-5-12-28(31)34)32(41)29-20-39-40-35(29,26-10-7-11-27(36)18-26)25-16-14-24(15-17-25)23-8-3-2-4-9-23/h5-7,10-18,20-21,23,30,39-40H,1-4,8-9,19,37H2,(H,42,43)/t30-,34?,35?/m0/s1. The van der Waals surface area contributed by atoms with E-state index in [9.17, 15) is 14.7 Å². The average Bonchev–Trinajstić information content (AvgIpc) is 3.65. The number of fused-ring (bicyclic) bond motifs is 1. The number of rotatable bonds is 9. The number of carbonyl (C=O) groups excluding carboxylic acids is 1. The van der Waals surface area contributed by atoms with E-state index in [1.807, 2.05) is 42.5 Å². The van der Waals surface area contributed by atoms with E-state index >= 15 is 0 Å². The number of Topliss-reactive ketones (excluding diaryl/α,β-unsaturated/α-hetero) is 1. The first-order valence-corrected chi connectivity index (χ1v) is 15.1. The number of para-hydroxylation sites is 1. The van der Waals surface area contributed by atoms with Crippen LogP contribution in [-0.4, -0.2) is 29.1 Å². The number of carboxylic acids is 1. The number of hydrazine groups is 1. The summed E-state index contributed by atoms with van der Waals surface area (Å²) in [5, 5.41) is 10.3. The second-order valence-corrected chi connectivity index (χ2v) is 12.2. The molecular formula is C35H35ClN4O3. The quantitative estimate of drug-likeness (QED) is 0.219. The molecule has 2 unspecified atom stereocenters. The van der Waals surface area contributed by atoms with Crippen LogP contribution in [0.25, 0.3) is 0 Å². The van der Waals surface area contributed by atoms with Crippen LogP contribution in [0.2, 0.25) is 5.02 Å². The Kier molecular flexibility index (Phi) is 7.81.